The standard InChI is InChI=1S/C29H34N2O2/c1-28(2,3)22-17-20(18-23(27(22)32)29(4,5)6)26(25-15-10-16-33-25)31-30-24-14-9-12-19-11-7-8-13-21(19)24/h9-10,12,14-18H,7-8,11,13H2,1-6H3. The van der Waals surface area contributed by atoms with Crippen LogP contribution in [0.25, 0.3) is 5.70 Å². The molecule has 0 atom stereocenters. The molecule has 1 aromatic carbocycles. The van der Waals surface area contributed by atoms with Crippen molar-refractivity contribution in [3.63, 3.8) is 0 Å². The molecule has 4 rings (SSSR count). The monoisotopic (exact) mass is 442 g/mol. The highest BCUT2D eigenvalue weighted by molar-refractivity contribution is 6.12. The van der Waals surface area contributed by atoms with E-state index < -0.39 is 0 Å². The Morgan fingerprint density at radius 1 is 0.879 bits per heavy atom. The molecule has 0 radical (unpaired) electrons. The van der Waals surface area contributed by atoms with Crippen molar-refractivity contribution in [3.05, 3.63) is 82.4 Å². The molecule has 2 aliphatic carbocycles. The van der Waals surface area contributed by atoms with Crippen LogP contribution in [0.5, 0.6) is 0 Å². The van der Waals surface area contributed by atoms with Crippen LogP contribution in [-0.2, 0) is 17.6 Å². The quantitative estimate of drug-likeness (QED) is 0.450. The SMILES string of the molecule is CC(C)(C)C1=CC(=C(N=Nc2cccc3c2CCCC3)c2ccco2)C=C(C(C)(C)C)C1=O. The zero-order valence-electron chi connectivity index (χ0n) is 20.7. The van der Waals surface area contributed by atoms with E-state index >= 15 is 0 Å². The van der Waals surface area contributed by atoms with Gasteiger partial charge >= 0.3 is 0 Å². The number of azo groups is 1. The van der Waals surface area contributed by atoms with E-state index in [1.807, 2.05) is 30.4 Å². The van der Waals surface area contributed by atoms with Crippen molar-refractivity contribution in [2.24, 2.45) is 21.1 Å². The number of furan rings is 1. The van der Waals surface area contributed by atoms with E-state index in [0.717, 1.165) is 35.2 Å². The number of Topliss-reactive ketones (excluding diaryl/α,β-unsaturated/α-hetero) is 1. The van der Waals surface area contributed by atoms with E-state index in [1.54, 1.807) is 6.26 Å². The highest BCUT2D eigenvalue weighted by atomic mass is 16.3. The van der Waals surface area contributed by atoms with Gasteiger partial charge in [0.25, 0.3) is 0 Å². The fourth-order valence-corrected chi connectivity index (χ4v) is 4.50. The summed E-state index contributed by atoms with van der Waals surface area (Å²) in [6, 6.07) is 10.0. The van der Waals surface area contributed by atoms with Gasteiger partial charge in [0.1, 0.15) is 5.70 Å². The largest absolute Gasteiger partial charge is 0.463 e. The molecule has 1 heterocycles. The summed E-state index contributed by atoms with van der Waals surface area (Å²) in [6.07, 6.45) is 10.1. The molecule has 4 heteroatoms. The van der Waals surface area contributed by atoms with Crippen LogP contribution in [0.1, 0.15) is 71.3 Å². The summed E-state index contributed by atoms with van der Waals surface area (Å²) in [5.41, 5.74) is 6.06. The molecule has 0 N–H and O–H groups in total. The first-order chi connectivity index (χ1) is 15.6. The Morgan fingerprint density at radius 3 is 2.15 bits per heavy atom. The molecule has 2 aromatic rings. The van der Waals surface area contributed by atoms with Crippen molar-refractivity contribution in [3.8, 4) is 0 Å². The lowest BCUT2D eigenvalue weighted by Crippen LogP contribution is -2.28. The number of ketones is 1. The van der Waals surface area contributed by atoms with Crippen molar-refractivity contribution >= 4 is 17.2 Å². The minimum absolute atomic E-state index is 0.103. The van der Waals surface area contributed by atoms with Crippen LogP contribution in [0, 0.1) is 10.8 Å². The van der Waals surface area contributed by atoms with Crippen molar-refractivity contribution in [2.45, 2.75) is 67.2 Å². The summed E-state index contributed by atoms with van der Waals surface area (Å²) in [5.74, 6) is 0.744. The van der Waals surface area contributed by atoms with Crippen molar-refractivity contribution in [2.75, 3.05) is 0 Å². The second kappa shape index (κ2) is 8.74. The third-order valence-electron chi connectivity index (χ3n) is 6.36. The number of hydrogen-bond donors (Lipinski definition) is 0. The zero-order valence-corrected chi connectivity index (χ0v) is 20.7. The smallest absolute Gasteiger partial charge is 0.186 e. The average molecular weight is 443 g/mol. The molecule has 0 saturated heterocycles. The van der Waals surface area contributed by atoms with Crippen LogP contribution in [0.2, 0.25) is 0 Å². The van der Waals surface area contributed by atoms with E-state index in [0.29, 0.717) is 11.5 Å². The number of carbonyl (C=O) groups excluding carboxylic acids is 1. The molecule has 0 aliphatic heterocycles. The number of benzene rings is 1. The number of hydrogen-bond acceptors (Lipinski definition) is 4. The molecule has 0 bridgehead atoms. The molecule has 172 valence electrons. The van der Waals surface area contributed by atoms with Crippen LogP contribution >= 0.6 is 0 Å². The fourth-order valence-electron chi connectivity index (χ4n) is 4.50. The van der Waals surface area contributed by atoms with Gasteiger partial charge in [-0.1, -0.05) is 53.7 Å². The van der Waals surface area contributed by atoms with Gasteiger partial charge in [0.05, 0.1) is 12.0 Å². The van der Waals surface area contributed by atoms with Gasteiger partial charge < -0.3 is 4.42 Å². The molecule has 0 unspecified atom stereocenters. The van der Waals surface area contributed by atoms with Gasteiger partial charge in [-0.25, -0.2) is 0 Å². The highest BCUT2D eigenvalue weighted by Crippen LogP contribution is 2.41. The van der Waals surface area contributed by atoms with Gasteiger partial charge in [0.15, 0.2) is 11.5 Å². The third kappa shape index (κ3) is 4.85. The van der Waals surface area contributed by atoms with E-state index in [1.165, 1.54) is 24.0 Å². The summed E-state index contributed by atoms with van der Waals surface area (Å²) < 4.78 is 5.76. The Balaban J connectivity index is 1.90. The zero-order chi connectivity index (χ0) is 23.8. The first-order valence-electron chi connectivity index (χ1n) is 11.9. The van der Waals surface area contributed by atoms with E-state index in [2.05, 4.69) is 53.7 Å². The van der Waals surface area contributed by atoms with Crippen molar-refractivity contribution in [1.82, 2.24) is 0 Å². The summed E-state index contributed by atoms with van der Waals surface area (Å²) in [6.45, 7) is 12.4. The Morgan fingerprint density at radius 2 is 1.55 bits per heavy atom. The Kier molecular flexibility index (Phi) is 6.13. The van der Waals surface area contributed by atoms with Crippen LogP contribution in [0.4, 0.5) is 5.69 Å². The second-order valence-corrected chi connectivity index (χ2v) is 11.0. The van der Waals surface area contributed by atoms with Crippen LogP contribution in [0.3, 0.4) is 0 Å². The third-order valence-corrected chi connectivity index (χ3v) is 6.36. The molecular formula is C29H34N2O2. The average Bonchev–Trinajstić information content (AvgIpc) is 3.27. The first-order valence-corrected chi connectivity index (χ1v) is 11.9. The Labute approximate surface area is 197 Å². The minimum Gasteiger partial charge on any atom is -0.463 e. The number of aryl methyl sites for hydroxylation is 1. The van der Waals surface area contributed by atoms with Gasteiger partial charge in [0, 0.05) is 16.7 Å². The van der Waals surface area contributed by atoms with E-state index in [4.69, 9.17) is 14.6 Å². The number of fused-ring (bicyclic) bond motifs is 1. The number of allylic oxidation sites excluding steroid dienone is 5. The molecular weight excluding hydrogens is 408 g/mol. The van der Waals surface area contributed by atoms with Crippen molar-refractivity contribution in [1.29, 1.82) is 0 Å². The van der Waals surface area contributed by atoms with Crippen LogP contribution < -0.4 is 0 Å². The fraction of sp³-hybridized carbons (Fsp3) is 0.414. The molecule has 0 fully saturated rings. The maximum Gasteiger partial charge on any atom is 0.186 e. The number of carbonyl (C=O) groups is 1. The summed E-state index contributed by atoms with van der Waals surface area (Å²) in [4.78, 5) is 13.4. The summed E-state index contributed by atoms with van der Waals surface area (Å²) in [7, 11) is 0. The van der Waals surface area contributed by atoms with Crippen LogP contribution in [0.15, 0.2) is 80.1 Å². The predicted molar refractivity (Wildman–Crippen MR) is 133 cm³/mol. The van der Waals surface area contributed by atoms with E-state index in [9.17, 15) is 4.79 Å². The normalized spacial score (nSPS) is 17.2. The Bertz CT molecular complexity index is 1140. The predicted octanol–water partition coefficient (Wildman–Crippen LogP) is 8.18. The second-order valence-electron chi connectivity index (χ2n) is 11.0. The first kappa shape index (κ1) is 23.2. The van der Waals surface area contributed by atoms with Gasteiger partial charge in [-0.2, -0.15) is 5.11 Å². The highest BCUT2D eigenvalue weighted by Gasteiger charge is 2.35. The van der Waals surface area contributed by atoms with Gasteiger partial charge in [0.2, 0.25) is 0 Å². The molecule has 0 amide bonds. The van der Waals surface area contributed by atoms with Crippen molar-refractivity contribution < 1.29 is 9.21 Å². The molecule has 0 saturated carbocycles. The molecule has 4 nitrogen and oxygen atoms in total. The summed E-state index contributed by atoms with van der Waals surface area (Å²) >= 11 is 0. The molecule has 1 aromatic heterocycles. The lowest BCUT2D eigenvalue weighted by molar-refractivity contribution is -0.114. The molecule has 0 spiro atoms. The molecule has 2 aliphatic rings. The van der Waals surface area contributed by atoms with Gasteiger partial charge in [-0.3, -0.25) is 4.79 Å². The summed E-state index contributed by atoms with van der Waals surface area (Å²) in [5, 5.41) is 9.44. The van der Waals surface area contributed by atoms with E-state index in [-0.39, 0.29) is 16.6 Å². The minimum atomic E-state index is -0.295. The van der Waals surface area contributed by atoms with Gasteiger partial charge in [-0.15, -0.1) is 5.11 Å². The maximum absolute atomic E-state index is 13.4. The number of nitrogens with zero attached hydrogens (tertiary/aromatic N) is 2. The topological polar surface area (TPSA) is 54.9 Å². The van der Waals surface area contributed by atoms with Crippen LogP contribution in [-0.4, -0.2) is 5.78 Å². The maximum atomic E-state index is 13.4. The van der Waals surface area contributed by atoms with Gasteiger partial charge in [-0.05, 0) is 78.0 Å². The molecule has 33 heavy (non-hydrogen) atoms. The number of rotatable bonds is 3. The lowest BCUT2D eigenvalue weighted by atomic mass is 9.71. The lowest BCUT2D eigenvalue weighted by Gasteiger charge is -2.31. The Hall–Kier alpha value is -3.01.